The Hall–Kier alpha value is -1.76. The van der Waals surface area contributed by atoms with Crippen molar-refractivity contribution >= 4 is 44.8 Å². The summed E-state index contributed by atoms with van der Waals surface area (Å²) >= 11 is 12.2. The molecule has 0 aromatic heterocycles. The monoisotopic (exact) mass is 426 g/mol. The van der Waals surface area contributed by atoms with Crippen molar-refractivity contribution in [1.82, 2.24) is 5.32 Å². The van der Waals surface area contributed by atoms with E-state index < -0.39 is 15.9 Å². The maximum Gasteiger partial charge on any atom is 0.241 e. The number of hydrogen-bond donors (Lipinski definition) is 1. The van der Waals surface area contributed by atoms with Gasteiger partial charge in [0.05, 0.1) is 28.0 Å². The molecule has 2 aromatic rings. The van der Waals surface area contributed by atoms with Crippen LogP contribution in [0.2, 0.25) is 10.0 Å². The summed E-state index contributed by atoms with van der Waals surface area (Å²) in [5.41, 5.74) is 2.49. The van der Waals surface area contributed by atoms with Gasteiger partial charge in [0.25, 0.3) is 0 Å². The molecule has 1 atom stereocenters. The van der Waals surface area contributed by atoms with Gasteiger partial charge in [-0.3, -0.25) is 9.10 Å². The summed E-state index contributed by atoms with van der Waals surface area (Å²) in [7, 11) is -3.72. The number of rotatable bonds is 5. The lowest BCUT2D eigenvalue weighted by Gasteiger charge is -2.28. The van der Waals surface area contributed by atoms with Crippen molar-refractivity contribution in [2.24, 2.45) is 0 Å². The summed E-state index contributed by atoms with van der Waals surface area (Å²) in [5, 5.41) is 3.28. The van der Waals surface area contributed by atoms with Crippen LogP contribution in [0.15, 0.2) is 42.5 Å². The Kier molecular flexibility index (Phi) is 5.99. The molecule has 8 heteroatoms. The van der Waals surface area contributed by atoms with Gasteiger partial charge in [-0.05, 0) is 42.5 Å². The molecule has 0 aliphatic heterocycles. The topological polar surface area (TPSA) is 66.5 Å². The molecule has 27 heavy (non-hydrogen) atoms. The summed E-state index contributed by atoms with van der Waals surface area (Å²) in [6.45, 7) is -0.364. The first-order chi connectivity index (χ1) is 12.8. The molecule has 3 rings (SSSR count). The third kappa shape index (κ3) is 4.57. The zero-order valence-electron chi connectivity index (χ0n) is 14.8. The second-order valence-corrected chi connectivity index (χ2v) is 9.25. The largest absolute Gasteiger partial charge is 0.348 e. The van der Waals surface area contributed by atoms with Gasteiger partial charge in [-0.1, -0.05) is 53.5 Å². The van der Waals surface area contributed by atoms with Crippen LogP contribution < -0.4 is 9.62 Å². The maximum atomic E-state index is 12.7. The van der Waals surface area contributed by atoms with Crippen molar-refractivity contribution in [2.45, 2.75) is 25.3 Å². The molecule has 0 spiro atoms. The van der Waals surface area contributed by atoms with Crippen LogP contribution in [-0.2, 0) is 21.2 Å². The van der Waals surface area contributed by atoms with Crippen LogP contribution in [0.1, 0.15) is 30.0 Å². The molecule has 0 unspecified atom stereocenters. The lowest BCUT2D eigenvalue weighted by molar-refractivity contribution is -0.120. The number of fused-ring (bicyclic) bond motifs is 1. The number of anilines is 1. The number of amides is 1. The van der Waals surface area contributed by atoms with E-state index in [2.05, 4.69) is 11.4 Å². The molecule has 0 bridgehead atoms. The van der Waals surface area contributed by atoms with Gasteiger partial charge in [0.2, 0.25) is 15.9 Å². The van der Waals surface area contributed by atoms with Gasteiger partial charge in [-0.15, -0.1) is 0 Å². The average molecular weight is 427 g/mol. The van der Waals surface area contributed by atoms with Crippen LogP contribution in [0, 0.1) is 0 Å². The smallest absolute Gasteiger partial charge is 0.241 e. The van der Waals surface area contributed by atoms with E-state index in [0.29, 0.717) is 0 Å². The lowest BCUT2D eigenvalue weighted by atomic mass is 9.88. The molecule has 1 aliphatic rings. The van der Waals surface area contributed by atoms with Crippen LogP contribution in [0.25, 0.3) is 0 Å². The average Bonchev–Trinajstić information content (AvgIpc) is 2.62. The van der Waals surface area contributed by atoms with Crippen LogP contribution in [0.5, 0.6) is 0 Å². The van der Waals surface area contributed by atoms with Gasteiger partial charge in [0.1, 0.15) is 6.54 Å². The molecular formula is C19H20Cl2N2O3S. The van der Waals surface area contributed by atoms with Gasteiger partial charge in [0, 0.05) is 0 Å². The number of carbonyl (C=O) groups excluding carboxylic acids is 1. The Bertz CT molecular complexity index is 963. The fourth-order valence-electron chi connectivity index (χ4n) is 3.34. The summed E-state index contributed by atoms with van der Waals surface area (Å²) in [4.78, 5) is 12.7. The molecular weight excluding hydrogens is 407 g/mol. The van der Waals surface area contributed by atoms with E-state index in [1.54, 1.807) is 12.1 Å². The van der Waals surface area contributed by atoms with E-state index in [1.165, 1.54) is 11.6 Å². The highest BCUT2D eigenvalue weighted by molar-refractivity contribution is 7.92. The Morgan fingerprint density at radius 1 is 1.19 bits per heavy atom. The minimum atomic E-state index is -3.72. The van der Waals surface area contributed by atoms with E-state index in [4.69, 9.17) is 23.2 Å². The van der Waals surface area contributed by atoms with E-state index >= 15 is 0 Å². The number of carbonyl (C=O) groups is 1. The number of sulfonamides is 1. The second kappa shape index (κ2) is 8.09. The zero-order valence-corrected chi connectivity index (χ0v) is 17.1. The maximum absolute atomic E-state index is 12.7. The number of nitrogens with one attached hydrogen (secondary N) is 1. The Labute approximate surface area is 169 Å². The Morgan fingerprint density at radius 3 is 2.67 bits per heavy atom. The highest BCUT2D eigenvalue weighted by Gasteiger charge is 2.26. The van der Waals surface area contributed by atoms with Crippen LogP contribution in [0.4, 0.5) is 5.69 Å². The highest BCUT2D eigenvalue weighted by atomic mass is 35.5. The molecule has 0 radical (unpaired) electrons. The van der Waals surface area contributed by atoms with Gasteiger partial charge in [0.15, 0.2) is 0 Å². The standard InChI is InChI=1S/C19H20Cl2N2O3S/c1-27(25,26)23(17-11-5-9-15(20)19(17)21)12-18(24)22-16-10-4-7-13-6-2-3-8-14(13)16/h2-3,5-6,8-9,11,16H,4,7,10,12H2,1H3,(H,22,24)/t16-/m0/s1. The number of hydrogen-bond acceptors (Lipinski definition) is 3. The number of aryl methyl sites for hydroxylation is 1. The highest BCUT2D eigenvalue weighted by Crippen LogP contribution is 2.34. The minimum absolute atomic E-state index is 0.0976. The molecule has 0 heterocycles. The molecule has 1 N–H and O–H groups in total. The molecule has 0 saturated carbocycles. The molecule has 2 aromatic carbocycles. The first-order valence-corrected chi connectivity index (χ1v) is 11.2. The SMILES string of the molecule is CS(=O)(=O)N(CC(=O)N[C@H]1CCCc2ccccc21)c1cccc(Cl)c1Cl. The summed E-state index contributed by atoms with van der Waals surface area (Å²) in [5.74, 6) is -0.391. The zero-order chi connectivity index (χ0) is 19.6. The lowest BCUT2D eigenvalue weighted by Crippen LogP contribution is -2.42. The van der Waals surface area contributed by atoms with Crippen molar-refractivity contribution in [2.75, 3.05) is 17.1 Å². The molecule has 5 nitrogen and oxygen atoms in total. The van der Waals surface area contributed by atoms with Crippen molar-refractivity contribution < 1.29 is 13.2 Å². The second-order valence-electron chi connectivity index (χ2n) is 6.55. The Morgan fingerprint density at radius 2 is 1.93 bits per heavy atom. The summed E-state index contributed by atoms with van der Waals surface area (Å²) in [6.07, 6.45) is 3.81. The fourth-order valence-corrected chi connectivity index (χ4v) is 4.65. The summed E-state index contributed by atoms with van der Waals surface area (Å²) < 4.78 is 25.5. The van der Waals surface area contributed by atoms with Crippen LogP contribution >= 0.6 is 23.2 Å². The molecule has 1 aliphatic carbocycles. The quantitative estimate of drug-likeness (QED) is 0.786. The van der Waals surface area contributed by atoms with Crippen molar-refractivity contribution in [1.29, 1.82) is 0 Å². The fraction of sp³-hybridized carbons (Fsp3) is 0.316. The Balaban J connectivity index is 1.82. The van der Waals surface area contributed by atoms with Crippen LogP contribution in [0.3, 0.4) is 0 Å². The molecule has 0 fully saturated rings. The number of halogens is 2. The minimum Gasteiger partial charge on any atom is -0.348 e. The predicted molar refractivity (Wildman–Crippen MR) is 109 cm³/mol. The van der Waals surface area contributed by atoms with E-state index in [0.717, 1.165) is 35.4 Å². The van der Waals surface area contributed by atoms with E-state index in [-0.39, 0.29) is 28.3 Å². The van der Waals surface area contributed by atoms with Crippen molar-refractivity contribution in [3.8, 4) is 0 Å². The summed E-state index contributed by atoms with van der Waals surface area (Å²) in [6, 6.07) is 12.5. The molecule has 0 saturated heterocycles. The third-order valence-corrected chi connectivity index (χ3v) is 6.53. The van der Waals surface area contributed by atoms with Gasteiger partial charge in [-0.2, -0.15) is 0 Å². The van der Waals surface area contributed by atoms with Gasteiger partial charge >= 0.3 is 0 Å². The molecule has 144 valence electrons. The van der Waals surface area contributed by atoms with E-state index in [1.807, 2.05) is 18.2 Å². The number of benzene rings is 2. The normalized spacial score (nSPS) is 16.5. The van der Waals surface area contributed by atoms with Crippen molar-refractivity contribution in [3.63, 3.8) is 0 Å². The van der Waals surface area contributed by atoms with Gasteiger partial charge < -0.3 is 5.32 Å². The first kappa shape index (κ1) is 20.0. The number of nitrogens with zero attached hydrogens (tertiary/aromatic N) is 1. The van der Waals surface area contributed by atoms with E-state index in [9.17, 15) is 13.2 Å². The van der Waals surface area contributed by atoms with Gasteiger partial charge in [-0.25, -0.2) is 8.42 Å². The molecule has 1 amide bonds. The third-order valence-electron chi connectivity index (χ3n) is 4.59. The first-order valence-electron chi connectivity index (χ1n) is 8.56. The van der Waals surface area contributed by atoms with Crippen LogP contribution in [-0.4, -0.2) is 27.1 Å². The predicted octanol–water partition coefficient (Wildman–Crippen LogP) is 3.95. The van der Waals surface area contributed by atoms with Crippen molar-refractivity contribution in [3.05, 3.63) is 63.6 Å².